The summed E-state index contributed by atoms with van der Waals surface area (Å²) in [6.45, 7) is 0. The van der Waals surface area contributed by atoms with Crippen LogP contribution >= 0.6 is 0 Å². The van der Waals surface area contributed by atoms with Crippen molar-refractivity contribution in [1.82, 2.24) is 0 Å². The zero-order chi connectivity index (χ0) is 25.4. The molecule has 0 heterocycles. The van der Waals surface area contributed by atoms with Gasteiger partial charge in [0.15, 0.2) is 0 Å². The molecule has 0 saturated carbocycles. The van der Waals surface area contributed by atoms with Crippen molar-refractivity contribution >= 4 is 56.9 Å². The normalized spacial score (nSPS) is 10.4. The van der Waals surface area contributed by atoms with Crippen LogP contribution in [0.5, 0.6) is 0 Å². The molecule has 0 spiro atoms. The summed E-state index contributed by atoms with van der Waals surface area (Å²) >= 11 is 3.90. The van der Waals surface area contributed by atoms with Gasteiger partial charge in [-0.2, -0.15) is 6.08 Å². The van der Waals surface area contributed by atoms with E-state index < -0.39 is 0 Å². The molecule has 0 fully saturated rings. The Kier molecular flexibility index (Phi) is 18.7. The van der Waals surface area contributed by atoms with Crippen molar-refractivity contribution in [3.63, 3.8) is 0 Å². The number of fused-ring (bicyclic) bond motifs is 3. The Morgan fingerprint density at radius 2 is 1.18 bits per heavy atom. The Bertz CT molecular complexity index is 1300. The topological polar surface area (TPSA) is 9.23 Å². The van der Waals surface area contributed by atoms with Crippen LogP contribution in [-0.2, 0) is 27.1 Å². The number of hydrogen-bond acceptors (Lipinski definition) is 1. The quantitative estimate of drug-likeness (QED) is 0.215. The van der Waals surface area contributed by atoms with E-state index in [4.69, 9.17) is 0 Å². The van der Waals surface area contributed by atoms with Crippen molar-refractivity contribution < 1.29 is 51.9 Å². The summed E-state index contributed by atoms with van der Waals surface area (Å²) in [5.41, 5.74) is 2.66. The summed E-state index contributed by atoms with van der Waals surface area (Å²) in [6.07, 6.45) is 10.0. The molecular formula is C32H27Al2Cl2OZr-2. The number of hydrogen-bond donors (Lipinski definition) is 0. The number of halogens is 2. The Labute approximate surface area is 269 Å². The molecule has 0 atom stereocenters. The zero-order valence-corrected chi connectivity index (χ0v) is 27.5. The van der Waals surface area contributed by atoms with Crippen molar-refractivity contribution in [3.8, 4) is 0 Å². The SMILES string of the molecule is [C-]1=CC=CC1.[CH3][Al][O][Al].[Cl-].[Cl-].[Zr+2]=[C](c1ccccc1)c1ccccc1.c1ccc2c(c1)[cH-]c1ccccc12. The molecule has 38 heavy (non-hydrogen) atoms. The van der Waals surface area contributed by atoms with Crippen molar-refractivity contribution in [2.24, 2.45) is 0 Å². The summed E-state index contributed by atoms with van der Waals surface area (Å²) in [5, 5.41) is 5.39. The molecule has 5 aromatic carbocycles. The second-order valence-electron chi connectivity index (χ2n) is 7.80. The van der Waals surface area contributed by atoms with Gasteiger partial charge in [0.1, 0.15) is 0 Å². The summed E-state index contributed by atoms with van der Waals surface area (Å²) in [5.74, 6) is 2.02. The van der Waals surface area contributed by atoms with E-state index in [1.165, 1.54) is 60.1 Å². The fourth-order valence-electron chi connectivity index (χ4n) is 3.62. The molecule has 187 valence electrons. The first-order valence-corrected chi connectivity index (χ1v) is 15.1. The third-order valence-electron chi connectivity index (χ3n) is 5.37. The Balaban J connectivity index is 0.000000278. The van der Waals surface area contributed by atoms with E-state index in [9.17, 15) is 0 Å². The summed E-state index contributed by atoms with van der Waals surface area (Å²) in [4.78, 5) is 0. The molecule has 0 saturated heterocycles. The Morgan fingerprint density at radius 3 is 1.53 bits per heavy atom. The molecule has 1 aliphatic rings. The van der Waals surface area contributed by atoms with Gasteiger partial charge in [0, 0.05) is 0 Å². The molecule has 1 aliphatic carbocycles. The molecule has 0 aromatic heterocycles. The summed E-state index contributed by atoms with van der Waals surface area (Å²) < 4.78 is 5.96. The van der Waals surface area contributed by atoms with Gasteiger partial charge in [-0.3, -0.25) is 6.08 Å². The zero-order valence-electron chi connectivity index (χ0n) is 21.2. The van der Waals surface area contributed by atoms with Crippen LogP contribution in [0.3, 0.4) is 0 Å². The molecule has 0 unspecified atom stereocenters. The number of rotatable bonds is 3. The fraction of sp³-hybridized carbons (Fsp3) is 0.0625. The second kappa shape index (κ2) is 20.5. The van der Waals surface area contributed by atoms with Crippen LogP contribution in [0, 0.1) is 6.08 Å². The van der Waals surface area contributed by atoms with Gasteiger partial charge in [-0.25, -0.2) is 12.2 Å². The minimum Gasteiger partial charge on any atom is -0.126 e. The van der Waals surface area contributed by atoms with Gasteiger partial charge in [-0.05, 0) is 0 Å². The van der Waals surface area contributed by atoms with Crippen molar-refractivity contribution in [1.29, 1.82) is 0 Å². The molecule has 0 aliphatic heterocycles. The van der Waals surface area contributed by atoms with Crippen LogP contribution in [0.2, 0.25) is 5.79 Å². The predicted molar refractivity (Wildman–Crippen MR) is 153 cm³/mol. The van der Waals surface area contributed by atoms with Crippen LogP contribution in [0.15, 0.2) is 133 Å². The van der Waals surface area contributed by atoms with Crippen LogP contribution in [-0.4, -0.2) is 35.4 Å². The monoisotopic (exact) mass is 641 g/mol. The fourth-order valence-corrected chi connectivity index (χ4v) is 4.44. The van der Waals surface area contributed by atoms with E-state index in [2.05, 4.69) is 147 Å². The van der Waals surface area contributed by atoms with Gasteiger partial charge in [-0.15, -0.1) is 46.2 Å². The van der Waals surface area contributed by atoms with Gasteiger partial charge >= 0.3 is 131 Å². The van der Waals surface area contributed by atoms with Gasteiger partial charge in [0.05, 0.1) is 0 Å². The summed E-state index contributed by atoms with van der Waals surface area (Å²) in [6, 6.07) is 40.4. The molecule has 0 amide bonds. The standard InChI is InChI=1S/C13H9.C13H10.C5H5.CH3.2Al.2ClH.O.Zr/c1-3-7-12-10(5-1)9-11-6-2-4-8-13(11)12;1-3-7-12(8-4-1)11-13-9-5-2-6-10-13;1-2-4-5-3-1;;;;;;;/h1-9H;1-10H;1-3H,4H2;1H3;;;2*1H;;/q-1;;-1;;;;;;;+2/p-2. The Morgan fingerprint density at radius 1 is 0.763 bits per heavy atom. The molecule has 6 rings (SSSR count). The average Bonchev–Trinajstić information content (AvgIpc) is 3.66. The maximum absolute atomic E-state index is 4.54. The van der Waals surface area contributed by atoms with Crippen LogP contribution < -0.4 is 24.8 Å². The van der Waals surface area contributed by atoms with Gasteiger partial charge < -0.3 is 27.7 Å². The third-order valence-corrected chi connectivity index (χ3v) is 7.88. The van der Waals surface area contributed by atoms with E-state index in [0.29, 0.717) is 0 Å². The van der Waals surface area contributed by atoms with E-state index in [-0.39, 0.29) is 40.4 Å². The van der Waals surface area contributed by atoms with E-state index in [1.807, 2.05) is 17.9 Å². The first kappa shape index (κ1) is 34.6. The molecule has 0 bridgehead atoms. The minimum atomic E-state index is 0. The average molecular weight is 644 g/mol. The molecule has 3 radical (unpaired) electrons. The first-order chi connectivity index (χ1) is 17.7. The molecule has 0 N–H and O–H groups in total. The van der Waals surface area contributed by atoms with Crippen molar-refractivity contribution in [2.45, 2.75) is 12.2 Å². The number of allylic oxidation sites excluding steroid dienone is 4. The van der Waals surface area contributed by atoms with Crippen molar-refractivity contribution in [3.05, 3.63) is 151 Å². The molecular weight excluding hydrogens is 616 g/mol. The van der Waals surface area contributed by atoms with Crippen LogP contribution in [0.1, 0.15) is 17.5 Å². The van der Waals surface area contributed by atoms with Gasteiger partial charge in [0.2, 0.25) is 0 Å². The van der Waals surface area contributed by atoms with Crippen LogP contribution in [0.4, 0.5) is 0 Å². The first-order valence-electron chi connectivity index (χ1n) is 11.8. The summed E-state index contributed by atoms with van der Waals surface area (Å²) in [7, 11) is 0. The predicted octanol–water partition coefficient (Wildman–Crippen LogP) is 1.58. The molecule has 5 aromatic rings. The molecule has 6 heteroatoms. The maximum Gasteiger partial charge on any atom is -0.0771 e. The maximum atomic E-state index is 4.54. The van der Waals surface area contributed by atoms with Gasteiger partial charge in [0.25, 0.3) is 0 Å². The van der Waals surface area contributed by atoms with Crippen molar-refractivity contribution in [2.75, 3.05) is 0 Å². The third kappa shape index (κ3) is 11.4. The van der Waals surface area contributed by atoms with Crippen LogP contribution in [0.25, 0.3) is 21.5 Å². The Hall–Kier alpha value is -1.41. The minimum absolute atomic E-state index is 0. The molecule has 1 nitrogen and oxygen atoms in total. The van der Waals surface area contributed by atoms with Gasteiger partial charge in [-0.1, -0.05) is 42.2 Å². The van der Waals surface area contributed by atoms with E-state index in [1.54, 1.807) is 0 Å². The van der Waals surface area contributed by atoms with E-state index in [0.717, 1.165) is 6.42 Å². The second-order valence-corrected chi connectivity index (χ2v) is 10.6. The number of benzene rings is 4. The smallest absolute Gasteiger partial charge is 0.0771 e. The largest absolute Gasteiger partial charge is 0.126 e. The van der Waals surface area contributed by atoms with E-state index >= 15 is 0 Å².